The van der Waals surface area contributed by atoms with Crippen molar-refractivity contribution in [2.24, 2.45) is 5.73 Å². The molecule has 0 aliphatic heterocycles. The molecule has 9 heteroatoms. The molecule has 0 spiro atoms. The molecule has 0 heterocycles. The van der Waals surface area contributed by atoms with Gasteiger partial charge in [-0.25, -0.2) is 13.1 Å². The maximum absolute atomic E-state index is 12.4. The minimum absolute atomic E-state index is 0. The quantitative estimate of drug-likeness (QED) is 0.565. The van der Waals surface area contributed by atoms with Gasteiger partial charge in [0.05, 0.1) is 17.0 Å². The fourth-order valence-electron chi connectivity index (χ4n) is 2.95. The Labute approximate surface area is 161 Å². The lowest BCUT2D eigenvalue weighted by molar-refractivity contribution is -0.127. The molecule has 0 saturated heterocycles. The van der Waals surface area contributed by atoms with Crippen LogP contribution in [0.1, 0.15) is 37.7 Å². The van der Waals surface area contributed by atoms with Crippen LogP contribution in [0.2, 0.25) is 0 Å². The number of nitrogens with two attached hydrogens (primary N) is 1. The zero-order chi connectivity index (χ0) is 18.3. The van der Waals surface area contributed by atoms with Gasteiger partial charge >= 0.3 is 0 Å². The van der Waals surface area contributed by atoms with Crippen LogP contribution < -0.4 is 15.8 Å². The lowest BCUT2D eigenvalue weighted by Crippen LogP contribution is -2.54. The van der Waals surface area contributed by atoms with E-state index in [0.717, 1.165) is 19.3 Å². The number of carbonyl (C=O) groups is 1. The summed E-state index contributed by atoms with van der Waals surface area (Å²) >= 11 is 0. The second-order valence-electron chi connectivity index (χ2n) is 6.44. The average molecular weight is 406 g/mol. The topological polar surface area (TPSA) is 111 Å². The van der Waals surface area contributed by atoms with Crippen LogP contribution in [0.4, 0.5) is 0 Å². The number of halogens is 1. The Balaban J connectivity index is 0.00000338. The fraction of sp³-hybridized carbons (Fsp3) is 0.588. The highest BCUT2D eigenvalue weighted by atomic mass is 35.5. The van der Waals surface area contributed by atoms with Crippen molar-refractivity contribution in [3.05, 3.63) is 29.8 Å². The Hall–Kier alpha value is -1.19. The number of carbonyl (C=O) groups excluding carboxylic acids is 1. The van der Waals surface area contributed by atoms with Crippen molar-refractivity contribution in [3.8, 4) is 0 Å². The Morgan fingerprint density at radius 3 is 2.62 bits per heavy atom. The van der Waals surface area contributed by atoms with E-state index in [9.17, 15) is 13.2 Å². The number of methoxy groups -OCH3 is 1. The van der Waals surface area contributed by atoms with Crippen molar-refractivity contribution < 1.29 is 17.9 Å². The molecule has 0 atom stereocenters. The van der Waals surface area contributed by atoms with Crippen molar-refractivity contribution in [1.82, 2.24) is 10.0 Å². The van der Waals surface area contributed by atoms with Gasteiger partial charge in [-0.1, -0.05) is 31.4 Å². The summed E-state index contributed by atoms with van der Waals surface area (Å²) in [6.45, 7) is 0.752. The van der Waals surface area contributed by atoms with Crippen molar-refractivity contribution in [3.63, 3.8) is 0 Å². The van der Waals surface area contributed by atoms with Crippen molar-refractivity contribution >= 4 is 28.3 Å². The van der Waals surface area contributed by atoms with Gasteiger partial charge in [-0.3, -0.25) is 4.79 Å². The van der Waals surface area contributed by atoms with E-state index in [1.54, 1.807) is 18.2 Å². The molecular formula is C17H28ClN3O4S. The molecule has 0 unspecified atom stereocenters. The van der Waals surface area contributed by atoms with Crippen LogP contribution in [0.15, 0.2) is 29.2 Å². The summed E-state index contributed by atoms with van der Waals surface area (Å²) in [5, 5.41) is 2.84. The minimum atomic E-state index is -3.59. The largest absolute Gasteiger partial charge is 0.383 e. The lowest BCUT2D eigenvalue weighted by Gasteiger charge is -2.31. The second-order valence-corrected chi connectivity index (χ2v) is 8.20. The van der Waals surface area contributed by atoms with Crippen molar-refractivity contribution in [2.45, 2.75) is 49.1 Å². The highest BCUT2D eigenvalue weighted by Gasteiger charge is 2.34. The van der Waals surface area contributed by atoms with Crippen LogP contribution in [-0.2, 0) is 26.1 Å². The monoisotopic (exact) mass is 405 g/mol. The molecule has 26 heavy (non-hydrogen) atoms. The summed E-state index contributed by atoms with van der Waals surface area (Å²) in [4.78, 5) is 12.5. The fourth-order valence-corrected chi connectivity index (χ4v) is 4.04. The highest BCUT2D eigenvalue weighted by Crippen LogP contribution is 2.26. The third kappa shape index (κ3) is 6.21. The van der Waals surface area contributed by atoms with E-state index >= 15 is 0 Å². The summed E-state index contributed by atoms with van der Waals surface area (Å²) in [7, 11) is -2.09. The molecule has 1 amide bonds. The van der Waals surface area contributed by atoms with Gasteiger partial charge in [0.25, 0.3) is 0 Å². The predicted molar refractivity (Wildman–Crippen MR) is 103 cm³/mol. The molecule has 1 aromatic carbocycles. The summed E-state index contributed by atoms with van der Waals surface area (Å²) in [5.41, 5.74) is 6.11. The van der Waals surface area contributed by atoms with Gasteiger partial charge in [-0.05, 0) is 30.5 Å². The van der Waals surface area contributed by atoms with Crippen LogP contribution in [0.3, 0.4) is 0 Å². The molecule has 4 N–H and O–H groups in total. The molecular weight excluding hydrogens is 378 g/mol. The molecule has 1 aliphatic rings. The standard InChI is InChI=1S/C17H27N3O4S.ClH/c1-24-11-10-20-25(22,23)15-7-5-6-14(12-15)13-19-16(21)17(18)8-3-2-4-9-17;/h5-7,12,20H,2-4,8-11,13,18H2,1H3,(H,19,21);1H. The van der Waals surface area contributed by atoms with E-state index in [0.29, 0.717) is 25.0 Å². The molecule has 1 aliphatic carbocycles. The Morgan fingerprint density at radius 1 is 1.27 bits per heavy atom. The van der Waals surface area contributed by atoms with E-state index in [1.165, 1.54) is 13.2 Å². The van der Waals surface area contributed by atoms with Gasteiger partial charge < -0.3 is 15.8 Å². The Morgan fingerprint density at radius 2 is 1.96 bits per heavy atom. The van der Waals surface area contributed by atoms with Gasteiger partial charge in [-0.2, -0.15) is 0 Å². The number of ether oxygens (including phenoxy) is 1. The first-order valence-corrected chi connectivity index (χ1v) is 10.0. The number of nitrogens with one attached hydrogen (secondary N) is 2. The molecule has 0 aromatic heterocycles. The molecule has 1 aromatic rings. The first-order valence-electron chi connectivity index (χ1n) is 8.52. The zero-order valence-corrected chi connectivity index (χ0v) is 16.6. The first-order chi connectivity index (χ1) is 11.9. The Bertz CT molecular complexity index is 691. The third-order valence-corrected chi connectivity index (χ3v) is 5.92. The number of amides is 1. The number of rotatable bonds is 8. The smallest absolute Gasteiger partial charge is 0.240 e. The number of benzene rings is 1. The molecule has 148 valence electrons. The summed E-state index contributed by atoms with van der Waals surface area (Å²) in [6, 6.07) is 6.51. The summed E-state index contributed by atoms with van der Waals surface area (Å²) < 4.78 is 31.8. The van der Waals surface area contributed by atoms with Crippen molar-refractivity contribution in [2.75, 3.05) is 20.3 Å². The van der Waals surface area contributed by atoms with Gasteiger partial charge in [0.15, 0.2) is 0 Å². The van der Waals surface area contributed by atoms with E-state index < -0.39 is 15.6 Å². The van der Waals surface area contributed by atoms with E-state index in [4.69, 9.17) is 10.5 Å². The normalized spacial score (nSPS) is 16.5. The van der Waals surface area contributed by atoms with E-state index in [-0.39, 0.29) is 36.3 Å². The van der Waals surface area contributed by atoms with Crippen molar-refractivity contribution in [1.29, 1.82) is 0 Å². The molecule has 1 saturated carbocycles. The number of sulfonamides is 1. The summed E-state index contributed by atoms with van der Waals surface area (Å²) in [6.07, 6.45) is 4.42. The van der Waals surface area contributed by atoms with Gasteiger partial charge in [-0.15, -0.1) is 12.4 Å². The van der Waals surface area contributed by atoms with Gasteiger partial charge in [0, 0.05) is 20.2 Å². The van der Waals surface area contributed by atoms with Crippen LogP contribution in [0.5, 0.6) is 0 Å². The highest BCUT2D eigenvalue weighted by molar-refractivity contribution is 7.89. The first kappa shape index (κ1) is 22.9. The van der Waals surface area contributed by atoms with E-state index in [1.807, 2.05) is 0 Å². The molecule has 0 bridgehead atoms. The average Bonchev–Trinajstić information content (AvgIpc) is 2.60. The zero-order valence-electron chi connectivity index (χ0n) is 15.0. The second kappa shape index (κ2) is 10.2. The molecule has 0 radical (unpaired) electrons. The number of hydrogen-bond donors (Lipinski definition) is 3. The summed E-state index contributed by atoms with van der Waals surface area (Å²) in [5.74, 6) is -0.168. The molecule has 7 nitrogen and oxygen atoms in total. The lowest BCUT2D eigenvalue weighted by atomic mass is 9.82. The van der Waals surface area contributed by atoms with E-state index in [2.05, 4.69) is 10.0 Å². The maximum Gasteiger partial charge on any atom is 0.240 e. The minimum Gasteiger partial charge on any atom is -0.383 e. The van der Waals surface area contributed by atoms with Crippen LogP contribution in [-0.4, -0.2) is 40.1 Å². The SMILES string of the molecule is COCCNS(=O)(=O)c1cccc(CNC(=O)C2(N)CCCCC2)c1.Cl. The van der Waals surface area contributed by atoms with Crippen LogP contribution in [0.25, 0.3) is 0 Å². The molecule has 2 rings (SSSR count). The number of hydrogen-bond acceptors (Lipinski definition) is 5. The third-order valence-electron chi connectivity index (χ3n) is 4.46. The Kier molecular flexibility index (Phi) is 8.99. The maximum atomic E-state index is 12.4. The predicted octanol–water partition coefficient (Wildman–Crippen LogP) is 1.31. The molecule has 1 fully saturated rings. The van der Waals surface area contributed by atoms with Gasteiger partial charge in [0.1, 0.15) is 0 Å². The van der Waals surface area contributed by atoms with Gasteiger partial charge in [0.2, 0.25) is 15.9 Å². The van der Waals surface area contributed by atoms with Crippen LogP contribution >= 0.6 is 12.4 Å². The van der Waals surface area contributed by atoms with Crippen LogP contribution in [0, 0.1) is 0 Å².